The van der Waals surface area contributed by atoms with E-state index in [4.69, 9.17) is 0 Å². The van der Waals surface area contributed by atoms with Gasteiger partial charge in [0.2, 0.25) is 47.3 Å². The Balaban J connectivity index is 1.39. The number of aliphatic hydroxyl groups is 1. The largest absolute Gasteiger partial charge is 0.391 e. The van der Waals surface area contributed by atoms with Gasteiger partial charge in [-0.3, -0.25) is 38.4 Å². The Morgan fingerprint density at radius 3 is 1.58 bits per heavy atom. The number of aromatic nitrogens is 1. The third-order valence-electron chi connectivity index (χ3n) is 13.6. The summed E-state index contributed by atoms with van der Waals surface area (Å²) in [6.45, 7) is 13.0. The van der Waals surface area contributed by atoms with Gasteiger partial charge in [-0.25, -0.2) is 0 Å². The van der Waals surface area contributed by atoms with E-state index in [2.05, 4.69) is 31.6 Å². The number of carbonyl (C=O) groups excluding carboxylic acids is 8. The Morgan fingerprint density at radius 1 is 0.600 bits per heavy atom. The highest BCUT2D eigenvalue weighted by Gasteiger charge is 2.45. The number of nitrogens with one attached hydrogen (secondary N) is 6. The molecule has 0 radical (unpaired) electrons. The summed E-state index contributed by atoms with van der Waals surface area (Å²) in [6, 6.07) is -1.37. The molecule has 65 heavy (non-hydrogen) atoms. The number of aliphatic hydroxyl groups excluding tert-OH is 1. The molecule has 1 aromatic carbocycles. The average Bonchev–Trinajstić information content (AvgIpc) is 4.11. The molecule has 4 fully saturated rings. The molecule has 8 amide bonds. The van der Waals surface area contributed by atoms with Gasteiger partial charge in [0.15, 0.2) is 0 Å². The number of amides is 8. The van der Waals surface area contributed by atoms with Gasteiger partial charge >= 0.3 is 0 Å². The molecule has 2 aromatic rings. The molecule has 2 unspecified atom stereocenters. The lowest BCUT2D eigenvalue weighted by Gasteiger charge is -2.35. The number of carbonyl (C=O) groups is 8. The minimum atomic E-state index is -1.47. The number of para-hydroxylation sites is 1. The number of benzene rings is 1. The van der Waals surface area contributed by atoms with Crippen LogP contribution >= 0.6 is 0 Å². The molecule has 4 aliphatic rings. The van der Waals surface area contributed by atoms with Crippen molar-refractivity contribution in [3.8, 4) is 0 Å². The van der Waals surface area contributed by atoms with Crippen molar-refractivity contribution in [3.05, 3.63) is 36.0 Å². The zero-order chi connectivity index (χ0) is 47.3. The highest BCUT2D eigenvalue weighted by molar-refractivity contribution is 6.00. The zero-order valence-corrected chi connectivity index (χ0v) is 38.9. The van der Waals surface area contributed by atoms with E-state index in [9.17, 15) is 43.5 Å². The molecule has 4 aliphatic heterocycles. The molecule has 10 atom stereocenters. The van der Waals surface area contributed by atoms with Crippen molar-refractivity contribution in [2.24, 2.45) is 17.8 Å². The lowest BCUT2D eigenvalue weighted by atomic mass is 9.96. The van der Waals surface area contributed by atoms with Gasteiger partial charge in [-0.1, -0.05) is 66.2 Å². The fourth-order valence-electron chi connectivity index (χ4n) is 9.76. The fourth-order valence-corrected chi connectivity index (χ4v) is 9.76. The van der Waals surface area contributed by atoms with Crippen LogP contribution in [0.25, 0.3) is 10.9 Å². The summed E-state index contributed by atoms with van der Waals surface area (Å²) >= 11 is 0. The summed E-state index contributed by atoms with van der Waals surface area (Å²) in [5, 5.41) is 26.0. The van der Waals surface area contributed by atoms with Crippen molar-refractivity contribution < 1.29 is 43.5 Å². The van der Waals surface area contributed by atoms with Crippen molar-refractivity contribution in [3.63, 3.8) is 0 Å². The molecule has 0 spiro atoms. The van der Waals surface area contributed by atoms with Crippen LogP contribution in [-0.2, 0) is 44.8 Å². The first-order valence-electron chi connectivity index (χ1n) is 23.6. The minimum Gasteiger partial charge on any atom is -0.391 e. The van der Waals surface area contributed by atoms with E-state index in [0.717, 1.165) is 16.5 Å². The molecule has 0 aliphatic carbocycles. The quantitative estimate of drug-likeness (QED) is 0.202. The van der Waals surface area contributed by atoms with E-state index in [1.165, 1.54) is 21.6 Å². The van der Waals surface area contributed by atoms with Crippen molar-refractivity contribution in [2.75, 3.05) is 19.6 Å². The molecule has 7 N–H and O–H groups in total. The summed E-state index contributed by atoms with van der Waals surface area (Å²) in [6.07, 6.45) is 3.42. The third-order valence-corrected chi connectivity index (χ3v) is 13.6. The van der Waals surface area contributed by atoms with Gasteiger partial charge in [-0.15, -0.1) is 0 Å². The molecule has 1 aromatic heterocycles. The Labute approximate surface area is 381 Å². The van der Waals surface area contributed by atoms with Gasteiger partial charge in [-0.05, 0) is 81.3 Å². The normalized spacial score (nSPS) is 29.2. The second kappa shape index (κ2) is 21.2. The minimum absolute atomic E-state index is 0.0490. The van der Waals surface area contributed by atoms with Crippen LogP contribution in [0.3, 0.4) is 0 Å². The number of fused-ring (bicyclic) bond motifs is 4. The molecule has 0 saturated carbocycles. The predicted octanol–water partition coefficient (Wildman–Crippen LogP) is 1.25. The van der Waals surface area contributed by atoms with Crippen LogP contribution in [0.4, 0.5) is 0 Å². The second-order valence-electron chi connectivity index (χ2n) is 19.2. The monoisotopic (exact) mass is 904 g/mol. The summed E-state index contributed by atoms with van der Waals surface area (Å²) in [5.41, 5.74) is 1.58. The Hall–Kier alpha value is -5.52. The Kier molecular flexibility index (Phi) is 16.0. The van der Waals surface area contributed by atoms with Crippen LogP contribution in [0.1, 0.15) is 105 Å². The molecular weight excluding hydrogens is 835 g/mol. The number of aromatic amines is 1. The maximum atomic E-state index is 14.6. The Morgan fingerprint density at radius 2 is 1.06 bits per heavy atom. The fraction of sp³-hybridized carbons (Fsp3) is 0.660. The molecular formula is C47H69N9O9. The molecule has 356 valence electrons. The number of nitrogens with zero attached hydrogens (tertiary/aromatic N) is 3. The number of hydrogen-bond donors (Lipinski definition) is 7. The van der Waals surface area contributed by atoms with Gasteiger partial charge in [0, 0.05) is 43.2 Å². The molecule has 5 heterocycles. The lowest BCUT2D eigenvalue weighted by Crippen LogP contribution is -2.63. The Bertz CT molecular complexity index is 2100. The predicted molar refractivity (Wildman–Crippen MR) is 241 cm³/mol. The van der Waals surface area contributed by atoms with Crippen LogP contribution in [-0.4, -0.2) is 146 Å². The van der Waals surface area contributed by atoms with Gasteiger partial charge in [0.05, 0.1) is 6.10 Å². The van der Waals surface area contributed by atoms with Crippen LogP contribution in [0, 0.1) is 17.8 Å². The van der Waals surface area contributed by atoms with Crippen LogP contribution in [0.5, 0.6) is 0 Å². The maximum absolute atomic E-state index is 14.6. The maximum Gasteiger partial charge on any atom is 0.248 e. The number of hydrogen-bond acceptors (Lipinski definition) is 9. The molecule has 18 heteroatoms. The van der Waals surface area contributed by atoms with Crippen molar-refractivity contribution in [2.45, 2.75) is 161 Å². The first kappa shape index (κ1) is 48.9. The van der Waals surface area contributed by atoms with E-state index in [-0.39, 0.29) is 50.7 Å². The SMILES string of the molecule is CCC(C)[C@@H]1NC(=O)[C@@H]2CCCN2C(=O)[C@H](C(C)O)NC(=O)[C@H](CC(C)C)NC(=O)[C@@H]2CCCN2C(=O)[C@H](C(C)C)NC(=O)[C@H](Cc2c[nH]c3ccccc23)NC(=O)[C@@H]2CCCN2C1=O. The second-order valence-corrected chi connectivity index (χ2v) is 19.2. The van der Waals surface area contributed by atoms with E-state index >= 15 is 0 Å². The summed E-state index contributed by atoms with van der Waals surface area (Å²) in [4.78, 5) is 122. The smallest absolute Gasteiger partial charge is 0.248 e. The van der Waals surface area contributed by atoms with E-state index in [1.807, 2.05) is 52.0 Å². The van der Waals surface area contributed by atoms with Gasteiger partial charge in [0.1, 0.15) is 48.3 Å². The lowest BCUT2D eigenvalue weighted by molar-refractivity contribution is -0.147. The molecule has 0 bridgehead atoms. The summed E-state index contributed by atoms with van der Waals surface area (Å²) in [5.74, 6) is -5.60. The van der Waals surface area contributed by atoms with Gasteiger partial charge in [0.25, 0.3) is 0 Å². The molecule has 4 saturated heterocycles. The van der Waals surface area contributed by atoms with Crippen molar-refractivity contribution in [1.29, 1.82) is 0 Å². The third kappa shape index (κ3) is 11.0. The van der Waals surface area contributed by atoms with Gasteiger partial charge in [-0.2, -0.15) is 0 Å². The highest BCUT2D eigenvalue weighted by atomic mass is 16.3. The zero-order valence-electron chi connectivity index (χ0n) is 38.9. The molecule has 18 nitrogen and oxygen atoms in total. The first-order valence-corrected chi connectivity index (χ1v) is 23.6. The van der Waals surface area contributed by atoms with Crippen molar-refractivity contribution >= 4 is 58.2 Å². The molecule has 6 rings (SSSR count). The standard InChI is InChI=1S/C47H69N9O9/c1-8-27(6)38-46(64)55-20-12-17-35(55)43(61)50-33(23-29-24-48-31-15-10-9-14-30(29)31)41(59)51-37(26(4)5)45(63)54-19-11-16-34(54)42(60)49-32(22-25(2)3)40(58)53-39(28(7)57)47(65)56-21-13-18-36(56)44(62)52-38/h9-10,14-15,24-28,32-39,48,57H,8,11-13,16-23H2,1-7H3,(H,49,60)(H,50,61)(H,51,59)(H,52,62)(H,53,58)/t27?,28?,32-,33-,34-,35-,36-,37-,38-,39-/m0/s1. The summed E-state index contributed by atoms with van der Waals surface area (Å²) < 4.78 is 0. The number of H-pyrrole nitrogens is 1. The van der Waals surface area contributed by atoms with Crippen LogP contribution < -0.4 is 26.6 Å². The topological polar surface area (TPSA) is 242 Å². The summed E-state index contributed by atoms with van der Waals surface area (Å²) in [7, 11) is 0. The number of rotatable bonds is 8. The first-order chi connectivity index (χ1) is 30.9. The van der Waals surface area contributed by atoms with Crippen LogP contribution in [0.2, 0.25) is 0 Å². The van der Waals surface area contributed by atoms with E-state index in [0.29, 0.717) is 38.5 Å². The van der Waals surface area contributed by atoms with E-state index < -0.39 is 108 Å². The van der Waals surface area contributed by atoms with E-state index in [1.54, 1.807) is 20.0 Å². The van der Waals surface area contributed by atoms with Gasteiger partial charge < -0.3 is 51.4 Å². The van der Waals surface area contributed by atoms with Crippen molar-refractivity contribution in [1.82, 2.24) is 46.3 Å². The highest BCUT2D eigenvalue weighted by Crippen LogP contribution is 2.26. The van der Waals surface area contributed by atoms with Crippen LogP contribution in [0.15, 0.2) is 30.5 Å². The average molecular weight is 904 g/mol.